The molecule has 11 heavy (non-hydrogen) atoms. The average Bonchev–Trinajstić information content (AvgIpc) is 1.99. The monoisotopic (exact) mass is 156 g/mol. The Hall–Kier alpha value is -1.16. The molecule has 2 N–H and O–H groups in total. The van der Waals surface area contributed by atoms with Crippen LogP contribution in [0, 0.1) is 0 Å². The summed E-state index contributed by atoms with van der Waals surface area (Å²) in [5, 5.41) is 8.06. The second-order valence-corrected chi connectivity index (χ2v) is 2.36. The Morgan fingerprint density at radius 2 is 2.00 bits per heavy atom. The summed E-state index contributed by atoms with van der Waals surface area (Å²) in [4.78, 5) is 13.7. The number of carbonyl (C=O) groups excluding carboxylic acids is 1. The number of hydrogen-bond donors (Lipinski definition) is 2. The number of aliphatic imine (C=N–C) groups is 1. The van der Waals surface area contributed by atoms with Gasteiger partial charge < -0.3 is 0 Å². The summed E-state index contributed by atoms with van der Waals surface area (Å²) < 4.78 is 0. The average molecular weight is 156 g/mol. The van der Waals surface area contributed by atoms with Crippen LogP contribution < -0.4 is 5.48 Å². The van der Waals surface area contributed by atoms with Crippen LogP contribution in [0.3, 0.4) is 0 Å². The number of nitrogens with zero attached hydrogens (tertiary/aromatic N) is 1. The second kappa shape index (κ2) is 4.62. The van der Waals surface area contributed by atoms with Crippen LogP contribution in [0.2, 0.25) is 0 Å². The highest BCUT2D eigenvalue weighted by molar-refractivity contribution is 5.90. The molecule has 4 nitrogen and oxygen atoms in total. The zero-order chi connectivity index (χ0) is 8.85. The zero-order valence-electron chi connectivity index (χ0n) is 6.88. The molecular formula is C7H12N2O2. The summed E-state index contributed by atoms with van der Waals surface area (Å²) in [6.45, 7) is 5.67. The molecule has 0 fully saturated rings. The van der Waals surface area contributed by atoms with Gasteiger partial charge in [0.2, 0.25) is 0 Å². The first kappa shape index (κ1) is 9.84. The highest BCUT2D eigenvalue weighted by Crippen LogP contribution is 1.97. The van der Waals surface area contributed by atoms with Crippen LogP contribution in [0.25, 0.3) is 0 Å². The molecule has 0 unspecified atom stereocenters. The maximum absolute atomic E-state index is 10.4. The fourth-order valence-electron chi connectivity index (χ4n) is 0.313. The highest BCUT2D eigenvalue weighted by atomic mass is 16.5. The lowest BCUT2D eigenvalue weighted by atomic mass is 10.2. The van der Waals surface area contributed by atoms with E-state index in [0.29, 0.717) is 0 Å². The molecule has 0 saturated carbocycles. The predicted molar refractivity (Wildman–Crippen MR) is 42.9 cm³/mol. The Morgan fingerprint density at radius 3 is 2.36 bits per heavy atom. The van der Waals surface area contributed by atoms with Gasteiger partial charge in [-0.15, -0.1) is 0 Å². The number of allylic oxidation sites excluding steroid dienone is 2. The fraction of sp³-hybridized carbons (Fsp3) is 0.429. The fourth-order valence-corrected chi connectivity index (χ4v) is 0.313. The number of amides is 2. The molecular weight excluding hydrogens is 144 g/mol. The van der Waals surface area contributed by atoms with Gasteiger partial charge in [-0.25, -0.2) is 10.3 Å². The topological polar surface area (TPSA) is 61.7 Å². The van der Waals surface area contributed by atoms with E-state index >= 15 is 0 Å². The molecule has 62 valence electrons. The van der Waals surface area contributed by atoms with E-state index in [1.807, 2.05) is 20.8 Å². The van der Waals surface area contributed by atoms with Crippen LogP contribution >= 0.6 is 0 Å². The van der Waals surface area contributed by atoms with Crippen molar-refractivity contribution >= 4 is 12.2 Å². The summed E-state index contributed by atoms with van der Waals surface area (Å²) in [5.41, 5.74) is 3.39. The number of rotatable bonds is 1. The van der Waals surface area contributed by atoms with Gasteiger partial charge in [-0.05, 0) is 26.3 Å². The zero-order valence-corrected chi connectivity index (χ0v) is 6.88. The Balaban J connectivity index is 4.15. The van der Waals surface area contributed by atoms with Gasteiger partial charge in [-0.3, -0.25) is 5.21 Å². The molecule has 0 aromatic rings. The molecule has 0 aliphatic rings. The summed E-state index contributed by atoms with van der Waals surface area (Å²) in [5.74, 6) is 0. The van der Waals surface area contributed by atoms with E-state index in [2.05, 4.69) is 4.99 Å². The van der Waals surface area contributed by atoms with Crippen molar-refractivity contribution < 1.29 is 10.0 Å². The number of nitrogens with one attached hydrogen (secondary N) is 1. The first-order valence-corrected chi connectivity index (χ1v) is 3.20. The first-order valence-electron chi connectivity index (χ1n) is 3.20. The molecule has 0 aliphatic carbocycles. The lowest BCUT2D eigenvalue weighted by Crippen LogP contribution is -2.13. The van der Waals surface area contributed by atoms with Gasteiger partial charge in [0.25, 0.3) is 0 Å². The van der Waals surface area contributed by atoms with Crippen LogP contribution in [0.15, 0.2) is 16.1 Å². The third-order valence-corrected chi connectivity index (χ3v) is 1.26. The van der Waals surface area contributed by atoms with E-state index in [0.717, 1.165) is 11.1 Å². The van der Waals surface area contributed by atoms with Crippen LogP contribution in [0.4, 0.5) is 4.79 Å². The minimum Gasteiger partial charge on any atom is -0.287 e. The van der Waals surface area contributed by atoms with Gasteiger partial charge in [0.15, 0.2) is 0 Å². The highest BCUT2D eigenvalue weighted by Gasteiger charge is 1.91. The van der Waals surface area contributed by atoms with E-state index in [-0.39, 0.29) is 0 Å². The first-order chi connectivity index (χ1) is 5.07. The van der Waals surface area contributed by atoms with Crippen LogP contribution in [0.5, 0.6) is 0 Å². The Labute approximate surface area is 65.6 Å². The minimum absolute atomic E-state index is 0.759. The van der Waals surface area contributed by atoms with E-state index in [9.17, 15) is 4.79 Å². The van der Waals surface area contributed by atoms with Crippen molar-refractivity contribution in [3.8, 4) is 0 Å². The smallest absolute Gasteiger partial charge is 0.287 e. The van der Waals surface area contributed by atoms with Gasteiger partial charge >= 0.3 is 6.03 Å². The molecule has 2 amide bonds. The van der Waals surface area contributed by atoms with Crippen molar-refractivity contribution in [2.24, 2.45) is 4.99 Å². The molecule has 0 radical (unpaired) electrons. The Morgan fingerprint density at radius 1 is 1.45 bits per heavy atom. The summed E-state index contributed by atoms with van der Waals surface area (Å²) in [7, 11) is 0. The molecule has 0 aliphatic heterocycles. The second-order valence-electron chi connectivity index (χ2n) is 2.36. The number of hydrogen-bond acceptors (Lipinski definition) is 2. The molecule has 0 aromatic carbocycles. The normalized spacial score (nSPS) is 9.82. The summed E-state index contributed by atoms with van der Waals surface area (Å²) in [6.07, 6.45) is 1.40. The lowest BCUT2D eigenvalue weighted by molar-refractivity contribution is 0.169. The molecule has 0 aromatic heterocycles. The van der Waals surface area contributed by atoms with Crippen LogP contribution in [-0.4, -0.2) is 17.5 Å². The van der Waals surface area contributed by atoms with Crippen molar-refractivity contribution in [1.29, 1.82) is 0 Å². The Bertz CT molecular complexity index is 202. The van der Waals surface area contributed by atoms with Crippen molar-refractivity contribution in [3.05, 3.63) is 11.1 Å². The van der Waals surface area contributed by atoms with Gasteiger partial charge in [0.1, 0.15) is 0 Å². The minimum atomic E-state index is -0.759. The van der Waals surface area contributed by atoms with E-state index in [1.165, 1.54) is 11.7 Å². The van der Waals surface area contributed by atoms with Crippen molar-refractivity contribution in [2.75, 3.05) is 0 Å². The molecule has 0 atom stereocenters. The number of hydroxylamine groups is 1. The predicted octanol–water partition coefficient (Wildman–Crippen LogP) is 1.51. The van der Waals surface area contributed by atoms with Crippen molar-refractivity contribution in [2.45, 2.75) is 20.8 Å². The molecule has 0 saturated heterocycles. The number of urea groups is 1. The summed E-state index contributed by atoms with van der Waals surface area (Å²) in [6, 6.07) is -0.759. The van der Waals surface area contributed by atoms with Crippen molar-refractivity contribution in [3.63, 3.8) is 0 Å². The quantitative estimate of drug-likeness (QED) is 0.343. The third-order valence-electron chi connectivity index (χ3n) is 1.26. The Kier molecular flexibility index (Phi) is 4.14. The molecule has 0 bridgehead atoms. The molecule has 0 spiro atoms. The third kappa shape index (κ3) is 4.27. The summed E-state index contributed by atoms with van der Waals surface area (Å²) >= 11 is 0. The van der Waals surface area contributed by atoms with E-state index in [1.54, 1.807) is 0 Å². The van der Waals surface area contributed by atoms with Gasteiger partial charge in [0.05, 0.1) is 0 Å². The van der Waals surface area contributed by atoms with E-state index in [4.69, 9.17) is 5.21 Å². The maximum Gasteiger partial charge on any atom is 0.364 e. The van der Waals surface area contributed by atoms with Gasteiger partial charge in [0, 0.05) is 6.21 Å². The van der Waals surface area contributed by atoms with Gasteiger partial charge in [-0.2, -0.15) is 4.99 Å². The number of carbonyl (C=O) groups is 1. The SMILES string of the molecule is CC(C)=C(C)C=NC(=O)NO. The van der Waals surface area contributed by atoms with Crippen LogP contribution in [-0.2, 0) is 0 Å². The van der Waals surface area contributed by atoms with Crippen molar-refractivity contribution in [1.82, 2.24) is 5.48 Å². The van der Waals surface area contributed by atoms with E-state index < -0.39 is 6.03 Å². The lowest BCUT2D eigenvalue weighted by Gasteiger charge is -1.93. The molecule has 0 heterocycles. The molecule has 4 heteroatoms. The largest absolute Gasteiger partial charge is 0.364 e. The molecule has 0 rings (SSSR count). The van der Waals surface area contributed by atoms with Crippen LogP contribution in [0.1, 0.15) is 20.8 Å². The maximum atomic E-state index is 10.4. The standard InChI is InChI=1S/C7H12N2O2/c1-5(2)6(3)4-8-7(10)9-11/h4,11H,1-3H3,(H,9,10). The van der Waals surface area contributed by atoms with Gasteiger partial charge in [-0.1, -0.05) is 5.57 Å².